The third-order valence-corrected chi connectivity index (χ3v) is 3.97. The van der Waals surface area contributed by atoms with Crippen molar-refractivity contribution in [3.63, 3.8) is 0 Å². The van der Waals surface area contributed by atoms with E-state index in [1.807, 2.05) is 12.1 Å². The summed E-state index contributed by atoms with van der Waals surface area (Å²) < 4.78 is 6.86. The van der Waals surface area contributed by atoms with E-state index in [0.29, 0.717) is 6.61 Å². The average Bonchev–Trinajstić information content (AvgIpc) is 2.80. The van der Waals surface area contributed by atoms with Gasteiger partial charge in [-0.3, -0.25) is 0 Å². The molecular formula is C12H10Br2OS. The van der Waals surface area contributed by atoms with Crippen LogP contribution in [-0.4, -0.2) is 0 Å². The van der Waals surface area contributed by atoms with Crippen molar-refractivity contribution >= 4 is 43.2 Å². The molecule has 2 rings (SSSR count). The SMILES string of the molecule is BrCc1cc(Br)ccc1OCc1ccsc1. The lowest BCUT2D eigenvalue weighted by atomic mass is 10.2. The van der Waals surface area contributed by atoms with Crippen LogP contribution < -0.4 is 4.74 Å². The van der Waals surface area contributed by atoms with Crippen LogP contribution >= 0.6 is 43.2 Å². The van der Waals surface area contributed by atoms with Crippen molar-refractivity contribution in [2.75, 3.05) is 0 Å². The van der Waals surface area contributed by atoms with Gasteiger partial charge < -0.3 is 4.74 Å². The fourth-order valence-corrected chi connectivity index (χ4v) is 2.83. The number of rotatable bonds is 4. The van der Waals surface area contributed by atoms with E-state index in [0.717, 1.165) is 21.1 Å². The number of hydrogen-bond donors (Lipinski definition) is 0. The zero-order chi connectivity index (χ0) is 11.4. The van der Waals surface area contributed by atoms with Crippen LogP contribution in [0.1, 0.15) is 11.1 Å². The molecule has 0 fully saturated rings. The number of ether oxygens (including phenoxy) is 1. The molecule has 0 spiro atoms. The molecule has 1 aromatic heterocycles. The zero-order valence-electron chi connectivity index (χ0n) is 8.45. The van der Waals surface area contributed by atoms with Gasteiger partial charge in [0.05, 0.1) is 0 Å². The highest BCUT2D eigenvalue weighted by atomic mass is 79.9. The Hall–Kier alpha value is -0.320. The van der Waals surface area contributed by atoms with Gasteiger partial charge in [-0.1, -0.05) is 31.9 Å². The number of benzene rings is 1. The van der Waals surface area contributed by atoms with Crippen molar-refractivity contribution in [2.24, 2.45) is 0 Å². The summed E-state index contributed by atoms with van der Waals surface area (Å²) in [7, 11) is 0. The van der Waals surface area contributed by atoms with E-state index in [-0.39, 0.29) is 0 Å². The Bertz CT molecular complexity index is 454. The van der Waals surface area contributed by atoms with Gasteiger partial charge in [0.15, 0.2) is 0 Å². The normalized spacial score (nSPS) is 10.4. The molecule has 0 saturated heterocycles. The molecule has 0 radical (unpaired) electrons. The van der Waals surface area contributed by atoms with Crippen LogP contribution in [-0.2, 0) is 11.9 Å². The smallest absolute Gasteiger partial charge is 0.123 e. The van der Waals surface area contributed by atoms with E-state index in [1.54, 1.807) is 11.3 Å². The second kappa shape index (κ2) is 5.84. The lowest BCUT2D eigenvalue weighted by Gasteiger charge is -2.09. The largest absolute Gasteiger partial charge is 0.489 e. The van der Waals surface area contributed by atoms with Gasteiger partial charge in [-0.25, -0.2) is 0 Å². The topological polar surface area (TPSA) is 9.23 Å². The predicted octanol–water partition coefficient (Wildman–Crippen LogP) is 4.98. The van der Waals surface area contributed by atoms with Gasteiger partial charge in [0.2, 0.25) is 0 Å². The van der Waals surface area contributed by atoms with Crippen LogP contribution in [0.3, 0.4) is 0 Å². The third-order valence-electron chi connectivity index (χ3n) is 2.14. The Kier molecular flexibility index (Phi) is 4.44. The average molecular weight is 362 g/mol. The van der Waals surface area contributed by atoms with Crippen LogP contribution in [0.4, 0.5) is 0 Å². The van der Waals surface area contributed by atoms with Crippen molar-refractivity contribution in [1.82, 2.24) is 0 Å². The maximum Gasteiger partial charge on any atom is 0.123 e. The lowest BCUT2D eigenvalue weighted by molar-refractivity contribution is 0.304. The summed E-state index contributed by atoms with van der Waals surface area (Å²) in [6.07, 6.45) is 0. The Morgan fingerprint density at radius 1 is 1.25 bits per heavy atom. The Morgan fingerprint density at radius 2 is 2.12 bits per heavy atom. The Morgan fingerprint density at radius 3 is 2.81 bits per heavy atom. The highest BCUT2D eigenvalue weighted by molar-refractivity contribution is 9.10. The molecule has 0 aliphatic heterocycles. The van der Waals surface area contributed by atoms with Gasteiger partial charge in [0, 0.05) is 15.4 Å². The standard InChI is InChI=1S/C12H10Br2OS/c13-6-10-5-11(14)1-2-12(10)15-7-9-3-4-16-8-9/h1-5,8H,6-7H2. The van der Waals surface area contributed by atoms with Crippen molar-refractivity contribution in [3.05, 3.63) is 50.6 Å². The molecule has 0 bridgehead atoms. The minimum atomic E-state index is 0.630. The molecular weight excluding hydrogens is 352 g/mol. The van der Waals surface area contributed by atoms with Crippen LogP contribution in [0, 0.1) is 0 Å². The van der Waals surface area contributed by atoms with Gasteiger partial charge in [-0.15, -0.1) is 0 Å². The van der Waals surface area contributed by atoms with E-state index < -0.39 is 0 Å². The summed E-state index contributed by atoms with van der Waals surface area (Å²) in [5.41, 5.74) is 2.37. The molecule has 2 aromatic rings. The van der Waals surface area contributed by atoms with Gasteiger partial charge in [0.1, 0.15) is 12.4 Å². The van der Waals surface area contributed by atoms with Crippen LogP contribution in [0.5, 0.6) is 5.75 Å². The van der Waals surface area contributed by atoms with Gasteiger partial charge >= 0.3 is 0 Å². The van der Waals surface area contributed by atoms with Crippen molar-refractivity contribution in [2.45, 2.75) is 11.9 Å². The fraction of sp³-hybridized carbons (Fsp3) is 0.167. The Labute approximate surface area is 116 Å². The van der Waals surface area contributed by atoms with Gasteiger partial charge in [-0.2, -0.15) is 11.3 Å². The highest BCUT2D eigenvalue weighted by Gasteiger charge is 2.03. The van der Waals surface area contributed by atoms with Crippen LogP contribution in [0.2, 0.25) is 0 Å². The molecule has 0 N–H and O–H groups in total. The molecule has 0 atom stereocenters. The second-order valence-corrected chi connectivity index (χ2v) is 5.56. The zero-order valence-corrected chi connectivity index (χ0v) is 12.4. The molecule has 0 amide bonds. The molecule has 0 aliphatic rings. The van der Waals surface area contributed by atoms with E-state index in [9.17, 15) is 0 Å². The summed E-state index contributed by atoms with van der Waals surface area (Å²) >= 11 is 8.61. The minimum Gasteiger partial charge on any atom is -0.489 e. The maximum atomic E-state index is 5.78. The number of hydrogen-bond acceptors (Lipinski definition) is 2. The first kappa shape index (κ1) is 12.1. The lowest BCUT2D eigenvalue weighted by Crippen LogP contribution is -1.96. The minimum absolute atomic E-state index is 0.630. The molecule has 1 heterocycles. The summed E-state index contributed by atoms with van der Waals surface area (Å²) in [6, 6.07) is 8.14. The second-order valence-electron chi connectivity index (χ2n) is 3.31. The molecule has 1 nitrogen and oxygen atoms in total. The molecule has 0 aliphatic carbocycles. The fourth-order valence-electron chi connectivity index (χ4n) is 1.33. The molecule has 0 unspecified atom stereocenters. The van der Waals surface area contributed by atoms with Crippen molar-refractivity contribution < 1.29 is 4.74 Å². The third kappa shape index (κ3) is 3.09. The van der Waals surface area contributed by atoms with Gasteiger partial charge in [-0.05, 0) is 40.6 Å². The first-order valence-corrected chi connectivity index (χ1v) is 7.63. The van der Waals surface area contributed by atoms with Crippen LogP contribution in [0.15, 0.2) is 39.5 Å². The first-order valence-electron chi connectivity index (χ1n) is 4.78. The van der Waals surface area contributed by atoms with E-state index >= 15 is 0 Å². The quantitative estimate of drug-likeness (QED) is 0.697. The van der Waals surface area contributed by atoms with Crippen LogP contribution in [0.25, 0.3) is 0 Å². The maximum absolute atomic E-state index is 5.78. The number of thiophene rings is 1. The Balaban J connectivity index is 2.09. The van der Waals surface area contributed by atoms with E-state index in [1.165, 1.54) is 5.56 Å². The van der Waals surface area contributed by atoms with E-state index in [4.69, 9.17) is 4.74 Å². The summed E-state index contributed by atoms with van der Waals surface area (Å²) in [5.74, 6) is 0.936. The van der Waals surface area contributed by atoms with Gasteiger partial charge in [0.25, 0.3) is 0 Å². The molecule has 16 heavy (non-hydrogen) atoms. The van der Waals surface area contributed by atoms with Crippen molar-refractivity contribution in [1.29, 1.82) is 0 Å². The highest BCUT2D eigenvalue weighted by Crippen LogP contribution is 2.26. The summed E-state index contributed by atoms with van der Waals surface area (Å²) in [4.78, 5) is 0. The number of alkyl halides is 1. The molecule has 0 saturated carbocycles. The number of halogens is 2. The molecule has 1 aromatic carbocycles. The molecule has 84 valence electrons. The van der Waals surface area contributed by atoms with E-state index in [2.05, 4.69) is 54.8 Å². The monoisotopic (exact) mass is 360 g/mol. The summed E-state index contributed by atoms with van der Waals surface area (Å²) in [5, 5.41) is 4.96. The first-order chi connectivity index (χ1) is 7.79. The van der Waals surface area contributed by atoms with Crippen molar-refractivity contribution in [3.8, 4) is 5.75 Å². The predicted molar refractivity (Wildman–Crippen MR) is 75.4 cm³/mol. The summed E-state index contributed by atoms with van der Waals surface area (Å²) in [6.45, 7) is 0.630. The molecule has 4 heteroatoms.